The van der Waals surface area contributed by atoms with Crippen LogP contribution in [-0.4, -0.2) is 52.3 Å². The number of nitrogens with two attached hydrogens (primary N) is 1. The third kappa shape index (κ3) is 4.55. The van der Waals surface area contributed by atoms with Crippen LogP contribution >= 0.6 is 23.4 Å². The summed E-state index contributed by atoms with van der Waals surface area (Å²) in [5.74, 6) is -1.22. The predicted molar refractivity (Wildman–Crippen MR) is 129 cm³/mol. The normalized spacial score (nSPS) is 25.3. The van der Waals surface area contributed by atoms with Gasteiger partial charge in [-0.3, -0.25) is 14.6 Å². The van der Waals surface area contributed by atoms with Crippen LogP contribution in [-0.2, 0) is 16.8 Å². The molecule has 10 heteroatoms. The van der Waals surface area contributed by atoms with E-state index in [2.05, 4.69) is 9.98 Å². The monoisotopic (exact) mass is 506 g/mol. The van der Waals surface area contributed by atoms with Crippen molar-refractivity contribution in [2.75, 3.05) is 20.8 Å². The Kier molecular flexibility index (Phi) is 6.70. The molecule has 180 valence electrons. The number of hydrogen-bond acceptors (Lipinski definition) is 6. The van der Waals surface area contributed by atoms with Crippen LogP contribution in [0.5, 0.6) is 0 Å². The van der Waals surface area contributed by atoms with Gasteiger partial charge in [0.25, 0.3) is 0 Å². The first-order chi connectivity index (χ1) is 16.1. The van der Waals surface area contributed by atoms with Crippen LogP contribution in [0.25, 0.3) is 0 Å². The number of carbonyl (C=O) groups excluding carboxylic acids is 2. The number of aliphatic imine (C=N–C) groups is 1. The molecule has 1 fully saturated rings. The minimum absolute atomic E-state index is 0.0324. The second-order valence-electron chi connectivity index (χ2n) is 9.00. The summed E-state index contributed by atoms with van der Waals surface area (Å²) in [5.41, 5.74) is 5.45. The van der Waals surface area contributed by atoms with Gasteiger partial charge in [0.15, 0.2) is 11.0 Å². The molecule has 0 saturated heterocycles. The zero-order valence-electron chi connectivity index (χ0n) is 18.9. The van der Waals surface area contributed by atoms with E-state index in [9.17, 15) is 14.0 Å². The highest BCUT2D eigenvalue weighted by molar-refractivity contribution is 8.15. The molecule has 1 aromatic carbocycles. The molecule has 0 unspecified atom stereocenters. The van der Waals surface area contributed by atoms with Crippen molar-refractivity contribution in [2.45, 2.75) is 36.0 Å². The molecule has 2 heterocycles. The Hall–Kier alpha value is -2.52. The molecule has 1 aliphatic heterocycles. The van der Waals surface area contributed by atoms with Crippen LogP contribution < -0.4 is 5.73 Å². The van der Waals surface area contributed by atoms with Gasteiger partial charge in [0.05, 0.1) is 5.02 Å². The van der Waals surface area contributed by atoms with Crippen molar-refractivity contribution in [3.8, 4) is 0 Å². The number of hydrogen-bond donors (Lipinski definition) is 1. The number of rotatable bonds is 8. The molecule has 1 saturated carbocycles. The molecule has 4 rings (SSSR count). The Balaban J connectivity index is 1.63. The van der Waals surface area contributed by atoms with E-state index in [4.69, 9.17) is 17.3 Å². The number of carbonyl (C=O) groups is 2. The van der Waals surface area contributed by atoms with Gasteiger partial charge in [0, 0.05) is 49.4 Å². The van der Waals surface area contributed by atoms with Gasteiger partial charge in [-0.25, -0.2) is 13.8 Å². The number of aromatic nitrogens is 1. The van der Waals surface area contributed by atoms with Crippen LogP contribution in [0.15, 0.2) is 41.5 Å². The minimum Gasteiger partial charge on any atom is -0.378 e. The highest BCUT2D eigenvalue weighted by atomic mass is 35.5. The van der Waals surface area contributed by atoms with E-state index in [0.29, 0.717) is 23.4 Å². The Morgan fingerprint density at radius 1 is 1.29 bits per heavy atom. The molecule has 1 aliphatic carbocycles. The number of alkyl halides is 1. The van der Waals surface area contributed by atoms with Gasteiger partial charge in [-0.1, -0.05) is 29.4 Å². The van der Waals surface area contributed by atoms with E-state index in [-0.39, 0.29) is 46.9 Å². The lowest BCUT2D eigenvalue weighted by molar-refractivity contribution is -0.128. The number of fused-ring (bicyclic) bond motifs is 1. The molecular formula is C24H25ClF2N4O2S. The summed E-state index contributed by atoms with van der Waals surface area (Å²) >= 11 is 7.17. The summed E-state index contributed by atoms with van der Waals surface area (Å²) in [5, 5.41) is 0.589. The van der Waals surface area contributed by atoms with E-state index in [0.717, 1.165) is 0 Å². The number of nitrogens with zero attached hydrogens (tertiary/aromatic N) is 3. The van der Waals surface area contributed by atoms with Gasteiger partial charge in [-0.05, 0) is 42.7 Å². The number of benzene rings is 1. The van der Waals surface area contributed by atoms with Gasteiger partial charge in [-0.15, -0.1) is 0 Å². The van der Waals surface area contributed by atoms with E-state index in [1.165, 1.54) is 47.1 Å². The number of halogens is 3. The summed E-state index contributed by atoms with van der Waals surface area (Å²) in [6.07, 6.45) is 2.71. The average molecular weight is 507 g/mol. The molecule has 0 bridgehead atoms. The second-order valence-corrected chi connectivity index (χ2v) is 10.9. The fraction of sp³-hybridized carbons (Fsp3) is 0.417. The highest BCUT2D eigenvalue weighted by Gasteiger charge is 2.68. The summed E-state index contributed by atoms with van der Waals surface area (Å²) in [7, 11) is 3.36. The summed E-state index contributed by atoms with van der Waals surface area (Å²) in [6, 6.07) is 7.33. The summed E-state index contributed by atoms with van der Waals surface area (Å²) < 4.78 is 29.4. The molecule has 2 aromatic rings. The van der Waals surface area contributed by atoms with Crippen LogP contribution in [0.4, 0.5) is 8.78 Å². The smallest absolute Gasteiger partial charge is 0.222 e. The lowest BCUT2D eigenvalue weighted by Gasteiger charge is -2.35. The van der Waals surface area contributed by atoms with Crippen LogP contribution in [0.1, 0.15) is 40.9 Å². The third-order valence-corrected chi connectivity index (χ3v) is 8.14. The van der Waals surface area contributed by atoms with Crippen molar-refractivity contribution in [2.24, 2.45) is 16.6 Å². The largest absolute Gasteiger partial charge is 0.378 e. The van der Waals surface area contributed by atoms with Crippen LogP contribution in [0.3, 0.4) is 0 Å². The maximum Gasteiger partial charge on any atom is 0.222 e. The number of thioether (sulfide) groups is 1. The van der Waals surface area contributed by atoms with Gasteiger partial charge < -0.3 is 10.6 Å². The predicted octanol–water partition coefficient (Wildman–Crippen LogP) is 4.15. The Bertz CT molecular complexity index is 1160. The number of ketones is 1. The molecule has 0 radical (unpaired) electrons. The Morgan fingerprint density at radius 3 is 2.71 bits per heavy atom. The molecule has 3 atom stereocenters. The fourth-order valence-corrected chi connectivity index (χ4v) is 6.18. The number of amides is 1. The number of pyridine rings is 1. The molecular weight excluding hydrogens is 482 g/mol. The average Bonchev–Trinajstić information content (AvgIpc) is 3.53. The van der Waals surface area contributed by atoms with Crippen molar-refractivity contribution in [3.63, 3.8) is 0 Å². The van der Waals surface area contributed by atoms with Crippen LogP contribution in [0, 0.1) is 11.7 Å². The first kappa shape index (κ1) is 24.6. The van der Waals surface area contributed by atoms with Crippen molar-refractivity contribution in [1.29, 1.82) is 0 Å². The standard InChI is InChI=1S/C24H25ClF2N4O2S/c1-31(2)21(33)7-8-23-11-20(23)24(13-26,30-22(28)34-23)16-9-14(3-5-17(16)27)10-19(32)18-6-4-15(25)12-29-18/h3-6,9,12,20H,7-8,10-11,13H2,1-2H3,(H2,28,30)/t20-,23+,24-/m1/s1. The number of Topliss-reactive ketones (excluding diaryl/α,β-unsaturated/α-hetero) is 1. The Morgan fingerprint density at radius 2 is 2.06 bits per heavy atom. The van der Waals surface area contributed by atoms with Crippen molar-refractivity contribution in [3.05, 3.63) is 64.2 Å². The van der Waals surface area contributed by atoms with Crippen molar-refractivity contribution >= 4 is 40.2 Å². The Labute approximate surface area is 206 Å². The second kappa shape index (κ2) is 9.26. The molecule has 2 N–H and O–H groups in total. The van der Waals surface area contributed by atoms with Gasteiger partial charge >= 0.3 is 0 Å². The first-order valence-electron chi connectivity index (χ1n) is 10.8. The highest BCUT2D eigenvalue weighted by Crippen LogP contribution is 2.68. The lowest BCUT2D eigenvalue weighted by Crippen LogP contribution is -2.40. The molecule has 1 aromatic heterocycles. The molecule has 6 nitrogen and oxygen atoms in total. The molecule has 34 heavy (non-hydrogen) atoms. The lowest BCUT2D eigenvalue weighted by atomic mass is 9.83. The third-order valence-electron chi connectivity index (χ3n) is 6.56. The molecule has 2 aliphatic rings. The van der Waals surface area contributed by atoms with Gasteiger partial charge in [-0.2, -0.15) is 0 Å². The van der Waals surface area contributed by atoms with E-state index >= 15 is 4.39 Å². The maximum atomic E-state index is 15.1. The van der Waals surface area contributed by atoms with Crippen molar-refractivity contribution < 1.29 is 18.4 Å². The van der Waals surface area contributed by atoms with E-state index in [1.54, 1.807) is 20.2 Å². The summed E-state index contributed by atoms with van der Waals surface area (Å²) in [6.45, 7) is -0.935. The first-order valence-corrected chi connectivity index (χ1v) is 12.0. The number of amidine groups is 1. The van der Waals surface area contributed by atoms with E-state index in [1.807, 2.05) is 0 Å². The van der Waals surface area contributed by atoms with Crippen molar-refractivity contribution in [1.82, 2.24) is 9.88 Å². The van der Waals surface area contributed by atoms with Crippen LogP contribution in [0.2, 0.25) is 5.02 Å². The zero-order valence-corrected chi connectivity index (χ0v) is 20.4. The fourth-order valence-electron chi connectivity index (χ4n) is 4.65. The topological polar surface area (TPSA) is 88.7 Å². The zero-order chi connectivity index (χ0) is 24.7. The van der Waals surface area contributed by atoms with Gasteiger partial charge in [0.1, 0.15) is 23.7 Å². The quantitative estimate of drug-likeness (QED) is 0.543. The maximum absolute atomic E-state index is 15.1. The minimum atomic E-state index is -1.49. The molecule has 1 amide bonds. The molecule has 0 spiro atoms. The van der Waals surface area contributed by atoms with E-state index < -0.39 is 22.8 Å². The SMILES string of the molecule is CN(C)C(=O)CC[C@]12C[C@H]1[C@@](CF)(c1cc(CC(=O)c3ccc(Cl)cn3)ccc1F)N=C(N)S2. The van der Waals surface area contributed by atoms with Gasteiger partial charge in [0.2, 0.25) is 5.91 Å². The summed E-state index contributed by atoms with van der Waals surface area (Å²) in [4.78, 5) is 34.8.